The van der Waals surface area contributed by atoms with Crippen molar-refractivity contribution in [2.75, 3.05) is 24.6 Å². The summed E-state index contributed by atoms with van der Waals surface area (Å²) in [6.45, 7) is 3.06. The molecular weight excluding hydrogens is 340 g/mol. The summed E-state index contributed by atoms with van der Waals surface area (Å²) in [6.07, 6.45) is 2.95. The first-order valence-electron chi connectivity index (χ1n) is 8.53. The van der Waals surface area contributed by atoms with Crippen LogP contribution in [0, 0.1) is 0 Å². The number of nitrogens with one attached hydrogen (secondary N) is 1. The van der Waals surface area contributed by atoms with Gasteiger partial charge in [0.25, 0.3) is 5.91 Å². The first kappa shape index (κ1) is 17.7. The Bertz CT molecular complexity index is 577. The second-order valence-corrected chi connectivity index (χ2v) is 9.03. The molecule has 1 aromatic carbocycles. The zero-order valence-corrected chi connectivity index (χ0v) is 15.6. The second kappa shape index (κ2) is 8.30. The largest absolute Gasteiger partial charge is 0.349 e. The van der Waals surface area contributed by atoms with E-state index in [1.165, 1.54) is 23.5 Å². The Balaban J connectivity index is 1.53. The Morgan fingerprint density at radius 2 is 1.71 bits per heavy atom. The first-order chi connectivity index (χ1) is 11.6. The van der Waals surface area contributed by atoms with Crippen molar-refractivity contribution < 1.29 is 9.59 Å². The van der Waals surface area contributed by atoms with E-state index in [9.17, 15) is 9.59 Å². The molecule has 1 N–H and O–H groups in total. The topological polar surface area (TPSA) is 49.4 Å². The monoisotopic (exact) mass is 364 g/mol. The summed E-state index contributed by atoms with van der Waals surface area (Å²) in [7, 11) is 0. The average molecular weight is 365 g/mol. The van der Waals surface area contributed by atoms with Gasteiger partial charge in [0.2, 0.25) is 5.91 Å². The summed E-state index contributed by atoms with van der Waals surface area (Å²) in [6, 6.07) is 8.21. The maximum atomic E-state index is 12.4. The van der Waals surface area contributed by atoms with E-state index in [4.69, 9.17) is 0 Å². The van der Waals surface area contributed by atoms with E-state index in [0.717, 1.165) is 31.5 Å². The summed E-state index contributed by atoms with van der Waals surface area (Å²) in [5.41, 5.74) is 2.02. The summed E-state index contributed by atoms with van der Waals surface area (Å²) < 4.78 is 0.506. The molecule has 0 saturated carbocycles. The number of hydrogen-bond acceptors (Lipinski definition) is 4. The van der Waals surface area contributed by atoms with E-state index in [2.05, 4.69) is 17.4 Å². The van der Waals surface area contributed by atoms with Crippen LogP contribution in [0.1, 0.15) is 46.7 Å². The predicted octanol–water partition coefficient (Wildman–Crippen LogP) is 3.30. The highest BCUT2D eigenvalue weighted by Gasteiger charge is 2.22. The van der Waals surface area contributed by atoms with Crippen molar-refractivity contribution in [1.82, 2.24) is 10.2 Å². The molecule has 2 fully saturated rings. The normalized spacial score (nSPS) is 20.0. The number of benzene rings is 1. The van der Waals surface area contributed by atoms with E-state index in [1.807, 2.05) is 40.6 Å². The number of carbonyl (C=O) groups excluding carboxylic acids is 2. The van der Waals surface area contributed by atoms with Crippen molar-refractivity contribution in [3.05, 3.63) is 35.4 Å². The minimum Gasteiger partial charge on any atom is -0.349 e. The van der Waals surface area contributed by atoms with Crippen LogP contribution in [0.25, 0.3) is 0 Å². The summed E-state index contributed by atoms with van der Waals surface area (Å²) in [4.78, 5) is 25.6. The fraction of sp³-hybridized carbons (Fsp3) is 0.556. The van der Waals surface area contributed by atoms with Gasteiger partial charge in [-0.25, -0.2) is 0 Å². The number of nitrogens with zero attached hydrogens (tertiary/aromatic N) is 1. The third kappa shape index (κ3) is 4.48. The molecule has 4 nitrogen and oxygen atoms in total. The smallest absolute Gasteiger partial charge is 0.251 e. The lowest BCUT2D eigenvalue weighted by atomic mass is 10.0. The van der Waals surface area contributed by atoms with E-state index in [1.54, 1.807) is 6.92 Å². The van der Waals surface area contributed by atoms with Crippen LogP contribution in [0.2, 0.25) is 0 Å². The summed E-state index contributed by atoms with van der Waals surface area (Å²) in [5.74, 6) is 2.55. The van der Waals surface area contributed by atoms with Crippen molar-refractivity contribution in [2.45, 2.75) is 36.8 Å². The number of piperidine rings is 1. The molecule has 2 aliphatic heterocycles. The van der Waals surface area contributed by atoms with Gasteiger partial charge in [0.05, 0.1) is 4.58 Å². The van der Waals surface area contributed by atoms with Gasteiger partial charge in [-0.1, -0.05) is 12.1 Å². The molecule has 2 heterocycles. The molecule has 0 unspecified atom stereocenters. The average Bonchev–Trinajstić information content (AvgIpc) is 2.63. The highest BCUT2D eigenvalue weighted by Crippen LogP contribution is 2.43. The highest BCUT2D eigenvalue weighted by atomic mass is 32.2. The molecule has 2 aliphatic rings. The van der Waals surface area contributed by atoms with Crippen molar-refractivity contribution >= 4 is 35.3 Å². The van der Waals surface area contributed by atoms with Crippen LogP contribution in [0.5, 0.6) is 0 Å². The molecule has 24 heavy (non-hydrogen) atoms. The Kier molecular flexibility index (Phi) is 6.11. The lowest BCUT2D eigenvalue weighted by molar-refractivity contribution is -0.129. The number of rotatable bonds is 3. The van der Waals surface area contributed by atoms with Gasteiger partial charge in [-0.2, -0.15) is 0 Å². The number of hydrogen-bond donors (Lipinski definition) is 1. The molecule has 1 aromatic rings. The van der Waals surface area contributed by atoms with Crippen LogP contribution in [-0.2, 0) is 4.79 Å². The SMILES string of the molecule is CC(=O)N1CCC(NC(=O)c2ccc(C3SCCCS3)cc2)CC1. The van der Waals surface area contributed by atoms with E-state index in [0.29, 0.717) is 4.58 Å². The molecule has 130 valence electrons. The van der Waals surface area contributed by atoms with Gasteiger partial charge < -0.3 is 10.2 Å². The zero-order chi connectivity index (χ0) is 16.9. The molecule has 2 saturated heterocycles. The van der Waals surface area contributed by atoms with Gasteiger partial charge >= 0.3 is 0 Å². The number of carbonyl (C=O) groups is 2. The molecule has 0 atom stereocenters. The summed E-state index contributed by atoms with van der Waals surface area (Å²) in [5, 5.41) is 3.11. The fourth-order valence-corrected chi connectivity index (χ4v) is 5.97. The van der Waals surface area contributed by atoms with Crippen molar-refractivity contribution in [3.63, 3.8) is 0 Å². The van der Waals surface area contributed by atoms with Crippen LogP contribution in [0.3, 0.4) is 0 Å². The molecule has 0 bridgehead atoms. The van der Waals surface area contributed by atoms with E-state index < -0.39 is 0 Å². The molecule has 0 aliphatic carbocycles. The Labute approximate surface area is 152 Å². The molecule has 3 rings (SSSR count). The van der Waals surface area contributed by atoms with E-state index >= 15 is 0 Å². The van der Waals surface area contributed by atoms with Crippen LogP contribution in [0.15, 0.2) is 24.3 Å². The van der Waals surface area contributed by atoms with E-state index in [-0.39, 0.29) is 17.9 Å². The Hall–Kier alpha value is -1.14. The highest BCUT2D eigenvalue weighted by molar-refractivity contribution is 8.16. The number of amides is 2. The number of thioether (sulfide) groups is 2. The van der Waals surface area contributed by atoms with Crippen molar-refractivity contribution in [2.24, 2.45) is 0 Å². The first-order valence-corrected chi connectivity index (χ1v) is 10.6. The lowest BCUT2D eigenvalue weighted by Gasteiger charge is -2.31. The number of likely N-dealkylation sites (tertiary alicyclic amines) is 1. The van der Waals surface area contributed by atoms with Gasteiger partial charge in [-0.3, -0.25) is 9.59 Å². The quantitative estimate of drug-likeness (QED) is 0.894. The molecule has 0 spiro atoms. The molecule has 2 amide bonds. The van der Waals surface area contributed by atoms with Gasteiger partial charge in [0, 0.05) is 31.6 Å². The van der Waals surface area contributed by atoms with Gasteiger partial charge in [0.1, 0.15) is 0 Å². The zero-order valence-electron chi connectivity index (χ0n) is 14.0. The minimum absolute atomic E-state index is 0.00762. The molecule has 0 aromatic heterocycles. The molecular formula is C18H24N2O2S2. The maximum absolute atomic E-state index is 12.4. The fourth-order valence-electron chi connectivity index (χ4n) is 3.08. The van der Waals surface area contributed by atoms with Gasteiger partial charge in [-0.15, -0.1) is 23.5 Å². The molecule has 0 radical (unpaired) electrons. The predicted molar refractivity (Wildman–Crippen MR) is 101 cm³/mol. The standard InChI is InChI=1S/C18H24N2O2S2/c1-13(21)20-9-7-16(8-10-20)19-17(22)14-3-5-15(6-4-14)18-23-11-2-12-24-18/h3-6,16,18H,2,7-12H2,1H3,(H,19,22). The second-order valence-electron chi connectivity index (χ2n) is 6.30. The third-order valence-corrected chi connectivity index (χ3v) is 7.56. The van der Waals surface area contributed by atoms with Crippen LogP contribution >= 0.6 is 23.5 Å². The van der Waals surface area contributed by atoms with Crippen LogP contribution in [-0.4, -0.2) is 47.4 Å². The molecule has 6 heteroatoms. The summed E-state index contributed by atoms with van der Waals surface area (Å²) >= 11 is 3.98. The minimum atomic E-state index is -0.00762. The lowest BCUT2D eigenvalue weighted by Crippen LogP contribution is -2.45. The Morgan fingerprint density at radius 1 is 1.08 bits per heavy atom. The van der Waals surface area contributed by atoms with Crippen LogP contribution in [0.4, 0.5) is 0 Å². The Morgan fingerprint density at radius 3 is 2.29 bits per heavy atom. The van der Waals surface area contributed by atoms with Crippen molar-refractivity contribution in [1.29, 1.82) is 0 Å². The van der Waals surface area contributed by atoms with Crippen LogP contribution < -0.4 is 5.32 Å². The third-order valence-electron chi connectivity index (χ3n) is 4.55. The van der Waals surface area contributed by atoms with Gasteiger partial charge in [0.15, 0.2) is 0 Å². The maximum Gasteiger partial charge on any atom is 0.251 e. The van der Waals surface area contributed by atoms with Crippen molar-refractivity contribution in [3.8, 4) is 0 Å². The van der Waals surface area contributed by atoms with Gasteiger partial charge in [-0.05, 0) is 48.5 Å².